The van der Waals surface area contributed by atoms with Crippen LogP contribution in [0.4, 0.5) is 0 Å². The highest BCUT2D eigenvalue weighted by atomic mass is 32.2. The van der Waals surface area contributed by atoms with E-state index in [-0.39, 0.29) is 0 Å². The first kappa shape index (κ1) is 16.1. The van der Waals surface area contributed by atoms with E-state index in [9.17, 15) is 8.42 Å². The minimum absolute atomic E-state index is 0.311. The minimum atomic E-state index is -3.14. The van der Waals surface area contributed by atoms with Crippen LogP contribution in [-0.4, -0.2) is 36.1 Å². The van der Waals surface area contributed by atoms with Gasteiger partial charge < -0.3 is 0 Å². The molecule has 0 radical (unpaired) electrons. The fourth-order valence-corrected chi connectivity index (χ4v) is 3.72. The first-order valence-electron chi connectivity index (χ1n) is 7.76. The zero-order valence-corrected chi connectivity index (χ0v) is 14.3. The average molecular weight is 331 g/mol. The summed E-state index contributed by atoms with van der Waals surface area (Å²) in [5.41, 5.74) is 2.19. The molecule has 0 amide bonds. The van der Waals surface area contributed by atoms with Crippen LogP contribution in [0, 0.1) is 6.92 Å². The predicted molar refractivity (Wildman–Crippen MR) is 88.7 cm³/mol. The molecule has 122 valence electrons. The van der Waals surface area contributed by atoms with Crippen LogP contribution in [0.5, 0.6) is 0 Å². The molecule has 0 bridgehead atoms. The molecule has 23 heavy (non-hydrogen) atoms. The highest BCUT2D eigenvalue weighted by Crippen LogP contribution is 2.32. The van der Waals surface area contributed by atoms with E-state index in [2.05, 4.69) is 14.9 Å². The summed E-state index contributed by atoms with van der Waals surface area (Å²) in [7, 11) is -3.14. The maximum absolute atomic E-state index is 11.5. The zero-order valence-electron chi connectivity index (χ0n) is 13.4. The van der Waals surface area contributed by atoms with Crippen LogP contribution >= 0.6 is 0 Å². The molecule has 2 heterocycles. The molecule has 5 nitrogen and oxygen atoms in total. The average Bonchev–Trinajstić information content (AvgIpc) is 2.95. The van der Waals surface area contributed by atoms with Crippen molar-refractivity contribution in [1.82, 2.24) is 14.9 Å². The van der Waals surface area contributed by atoms with Crippen molar-refractivity contribution in [2.45, 2.75) is 37.2 Å². The quantitative estimate of drug-likeness (QED) is 0.861. The molecule has 6 heteroatoms. The van der Waals surface area contributed by atoms with Gasteiger partial charge in [-0.3, -0.25) is 4.90 Å². The molecule has 1 aromatic carbocycles. The lowest BCUT2D eigenvalue weighted by atomic mass is 10.1. The number of likely N-dealkylation sites (tertiary alicyclic amines) is 1. The fraction of sp³-hybridized carbons (Fsp3) is 0.412. The predicted octanol–water partition coefficient (Wildman–Crippen LogP) is 2.53. The standard InChI is InChI=1S/C17H21N3O2S/c1-13-18-10-9-16(19-13)17-4-3-11-20(17)12-14-5-7-15(8-6-14)23(2,21)22/h5-10,17H,3-4,11-12H2,1-2H3/t17-/m0/s1. The van der Waals surface area contributed by atoms with E-state index in [0.29, 0.717) is 10.9 Å². The van der Waals surface area contributed by atoms with E-state index in [1.54, 1.807) is 12.1 Å². The van der Waals surface area contributed by atoms with Crippen molar-refractivity contribution in [2.24, 2.45) is 0 Å². The van der Waals surface area contributed by atoms with Crippen LogP contribution in [-0.2, 0) is 16.4 Å². The third-order valence-electron chi connectivity index (χ3n) is 4.24. The third-order valence-corrected chi connectivity index (χ3v) is 5.37. The van der Waals surface area contributed by atoms with Gasteiger partial charge in [0.05, 0.1) is 16.6 Å². The number of sulfone groups is 1. The molecule has 1 atom stereocenters. The second-order valence-corrected chi connectivity index (χ2v) is 8.09. The summed E-state index contributed by atoms with van der Waals surface area (Å²) in [6.07, 6.45) is 5.29. The van der Waals surface area contributed by atoms with Crippen LogP contribution in [0.2, 0.25) is 0 Å². The summed E-state index contributed by atoms with van der Waals surface area (Å²) in [5.74, 6) is 0.798. The number of hydrogen-bond donors (Lipinski definition) is 0. The number of aromatic nitrogens is 2. The van der Waals surface area contributed by atoms with Crippen LogP contribution < -0.4 is 0 Å². The molecular formula is C17H21N3O2S. The van der Waals surface area contributed by atoms with Crippen LogP contribution in [0.15, 0.2) is 41.4 Å². The number of aryl methyl sites for hydroxylation is 1. The summed E-state index contributed by atoms with van der Waals surface area (Å²) in [4.78, 5) is 11.5. The van der Waals surface area contributed by atoms with Crippen molar-refractivity contribution in [3.05, 3.63) is 53.6 Å². The first-order chi connectivity index (χ1) is 10.9. The Bertz CT molecular complexity index is 788. The first-order valence-corrected chi connectivity index (χ1v) is 9.65. The van der Waals surface area contributed by atoms with Gasteiger partial charge in [-0.05, 0) is 50.1 Å². The fourth-order valence-electron chi connectivity index (χ4n) is 3.09. The summed E-state index contributed by atoms with van der Waals surface area (Å²) in [5, 5.41) is 0. The summed E-state index contributed by atoms with van der Waals surface area (Å²) in [6.45, 7) is 3.74. The van der Waals surface area contributed by atoms with Gasteiger partial charge in [0.15, 0.2) is 9.84 Å². The Balaban J connectivity index is 1.76. The molecule has 1 saturated heterocycles. The van der Waals surface area contributed by atoms with E-state index >= 15 is 0 Å². The van der Waals surface area contributed by atoms with Crippen molar-refractivity contribution in [3.8, 4) is 0 Å². The maximum atomic E-state index is 11.5. The Morgan fingerprint density at radius 2 is 1.96 bits per heavy atom. The van der Waals surface area contributed by atoms with Gasteiger partial charge in [0.1, 0.15) is 5.82 Å². The van der Waals surface area contributed by atoms with Crippen molar-refractivity contribution in [1.29, 1.82) is 0 Å². The van der Waals surface area contributed by atoms with Gasteiger partial charge in [-0.25, -0.2) is 18.4 Å². The molecule has 2 aromatic rings. The molecule has 1 aromatic heterocycles. The van der Waals surface area contributed by atoms with E-state index < -0.39 is 9.84 Å². The summed E-state index contributed by atoms with van der Waals surface area (Å²) < 4.78 is 23.1. The highest BCUT2D eigenvalue weighted by molar-refractivity contribution is 7.90. The largest absolute Gasteiger partial charge is 0.291 e. The van der Waals surface area contributed by atoms with Gasteiger partial charge in [0, 0.05) is 19.0 Å². The van der Waals surface area contributed by atoms with Gasteiger partial charge in [0.2, 0.25) is 0 Å². The Morgan fingerprint density at radius 1 is 1.22 bits per heavy atom. The van der Waals surface area contributed by atoms with Crippen LogP contribution in [0.25, 0.3) is 0 Å². The van der Waals surface area contributed by atoms with Gasteiger partial charge in [-0.2, -0.15) is 0 Å². The lowest BCUT2D eigenvalue weighted by Crippen LogP contribution is -2.23. The van der Waals surface area contributed by atoms with E-state index in [1.807, 2.05) is 31.3 Å². The Labute approximate surface area is 137 Å². The number of nitrogens with zero attached hydrogens (tertiary/aromatic N) is 3. The molecule has 1 aliphatic rings. The third kappa shape index (κ3) is 3.76. The molecular weight excluding hydrogens is 310 g/mol. The van der Waals surface area contributed by atoms with Crippen molar-refractivity contribution in [2.75, 3.05) is 12.8 Å². The van der Waals surface area contributed by atoms with Crippen molar-refractivity contribution in [3.63, 3.8) is 0 Å². The molecule has 0 spiro atoms. The van der Waals surface area contributed by atoms with Crippen LogP contribution in [0.1, 0.15) is 36.0 Å². The number of benzene rings is 1. The van der Waals surface area contributed by atoms with Crippen molar-refractivity contribution < 1.29 is 8.42 Å². The zero-order chi connectivity index (χ0) is 16.4. The molecule has 0 N–H and O–H groups in total. The summed E-state index contributed by atoms with van der Waals surface area (Å²) in [6, 6.07) is 9.47. The SMILES string of the molecule is Cc1nccc([C@@H]2CCCN2Cc2ccc(S(C)(=O)=O)cc2)n1. The number of rotatable bonds is 4. The Kier molecular flexibility index (Phi) is 4.46. The molecule has 0 saturated carbocycles. The van der Waals surface area contributed by atoms with E-state index in [0.717, 1.165) is 43.0 Å². The smallest absolute Gasteiger partial charge is 0.175 e. The Morgan fingerprint density at radius 3 is 2.61 bits per heavy atom. The second kappa shape index (κ2) is 6.37. The lowest BCUT2D eigenvalue weighted by molar-refractivity contribution is 0.244. The lowest BCUT2D eigenvalue weighted by Gasteiger charge is -2.24. The maximum Gasteiger partial charge on any atom is 0.175 e. The van der Waals surface area contributed by atoms with Gasteiger partial charge in [-0.1, -0.05) is 12.1 Å². The van der Waals surface area contributed by atoms with E-state index in [4.69, 9.17) is 0 Å². The molecule has 0 unspecified atom stereocenters. The van der Waals surface area contributed by atoms with Gasteiger partial charge >= 0.3 is 0 Å². The Hall–Kier alpha value is -1.79. The normalized spacial score (nSPS) is 19.1. The number of hydrogen-bond acceptors (Lipinski definition) is 5. The van der Waals surface area contributed by atoms with Gasteiger partial charge in [0.25, 0.3) is 0 Å². The highest BCUT2D eigenvalue weighted by Gasteiger charge is 2.27. The van der Waals surface area contributed by atoms with Crippen LogP contribution in [0.3, 0.4) is 0 Å². The molecule has 0 aliphatic carbocycles. The second-order valence-electron chi connectivity index (χ2n) is 6.07. The molecule has 1 aliphatic heterocycles. The van der Waals surface area contributed by atoms with E-state index in [1.165, 1.54) is 6.26 Å². The topological polar surface area (TPSA) is 63.2 Å². The molecule has 3 rings (SSSR count). The summed E-state index contributed by atoms with van der Waals surface area (Å²) >= 11 is 0. The molecule has 1 fully saturated rings. The van der Waals surface area contributed by atoms with Crippen molar-refractivity contribution >= 4 is 9.84 Å². The monoisotopic (exact) mass is 331 g/mol. The minimum Gasteiger partial charge on any atom is -0.291 e. The van der Waals surface area contributed by atoms with Gasteiger partial charge in [-0.15, -0.1) is 0 Å².